The Bertz CT molecular complexity index is 1890. The van der Waals surface area contributed by atoms with Gasteiger partial charge in [-0.1, -0.05) is 78.9 Å². The number of nitrogens with zero attached hydrogens (tertiary/aromatic N) is 2. The summed E-state index contributed by atoms with van der Waals surface area (Å²) in [4.78, 5) is 4.55. The van der Waals surface area contributed by atoms with Crippen LogP contribution in [-0.2, 0) is 0 Å². The van der Waals surface area contributed by atoms with Gasteiger partial charge >= 0.3 is 0 Å². The molecule has 192 valence electrons. The lowest BCUT2D eigenvalue weighted by atomic mass is 10.0. The van der Waals surface area contributed by atoms with E-state index in [2.05, 4.69) is 162 Å². The summed E-state index contributed by atoms with van der Waals surface area (Å²) in [6.45, 7) is 0. The van der Waals surface area contributed by atoms with Gasteiger partial charge in [-0.05, 0) is 83.9 Å². The molecular weight excluding hydrogens is 504 g/mol. The summed E-state index contributed by atoms with van der Waals surface area (Å²) >= 11 is 1.85. The Hall–Kier alpha value is -4.86. The van der Waals surface area contributed by atoms with E-state index in [0.717, 1.165) is 22.7 Å². The number of hydrogen-bond donors (Lipinski definition) is 0. The largest absolute Gasteiger partial charge is 0.345 e. The van der Waals surface area contributed by atoms with Crippen LogP contribution in [0.3, 0.4) is 0 Å². The Labute approximate surface area is 239 Å². The van der Waals surface area contributed by atoms with Gasteiger partial charge in [0.25, 0.3) is 0 Å². The molecule has 0 fully saturated rings. The van der Waals surface area contributed by atoms with E-state index in [4.69, 9.17) is 0 Å². The number of thiophene rings is 1. The molecule has 0 radical (unpaired) electrons. The summed E-state index contributed by atoms with van der Waals surface area (Å²) in [7, 11) is 2.10. The fourth-order valence-corrected chi connectivity index (χ4v) is 6.44. The van der Waals surface area contributed by atoms with Crippen molar-refractivity contribution in [2.24, 2.45) is 0 Å². The van der Waals surface area contributed by atoms with Crippen molar-refractivity contribution in [2.45, 2.75) is 0 Å². The second-order valence-corrected chi connectivity index (χ2v) is 11.0. The van der Waals surface area contributed by atoms with Crippen LogP contribution in [0.4, 0.5) is 28.4 Å². The first-order chi connectivity index (χ1) is 19.7. The third kappa shape index (κ3) is 4.51. The monoisotopic (exact) mass is 532 g/mol. The molecule has 7 aromatic rings. The highest BCUT2D eigenvalue weighted by atomic mass is 32.1. The van der Waals surface area contributed by atoms with Crippen LogP contribution in [0.1, 0.15) is 0 Å². The van der Waals surface area contributed by atoms with E-state index in [1.54, 1.807) is 0 Å². The molecule has 40 heavy (non-hydrogen) atoms. The summed E-state index contributed by atoms with van der Waals surface area (Å²) in [6, 6.07) is 54.2. The first kappa shape index (κ1) is 24.2. The van der Waals surface area contributed by atoms with Crippen molar-refractivity contribution in [1.82, 2.24) is 0 Å². The van der Waals surface area contributed by atoms with E-state index in [1.165, 1.54) is 37.0 Å². The summed E-state index contributed by atoms with van der Waals surface area (Å²) in [5.41, 5.74) is 8.17. The lowest BCUT2D eigenvalue weighted by Gasteiger charge is -2.26. The smallest absolute Gasteiger partial charge is 0.0468 e. The summed E-state index contributed by atoms with van der Waals surface area (Å²) in [5, 5.41) is 2.62. The van der Waals surface area contributed by atoms with E-state index in [1.807, 2.05) is 17.4 Å². The maximum atomic E-state index is 2.34. The number of anilines is 5. The Balaban J connectivity index is 1.23. The predicted octanol–water partition coefficient (Wildman–Crippen LogP) is 11.0. The van der Waals surface area contributed by atoms with Crippen LogP contribution in [0.25, 0.3) is 31.3 Å². The number of rotatable bonds is 6. The lowest BCUT2D eigenvalue weighted by molar-refractivity contribution is 1.21. The minimum absolute atomic E-state index is 1.13. The molecule has 0 unspecified atom stereocenters. The predicted molar refractivity (Wildman–Crippen MR) is 174 cm³/mol. The molecule has 0 spiro atoms. The minimum atomic E-state index is 1.13. The van der Waals surface area contributed by atoms with Gasteiger partial charge in [-0.2, -0.15) is 0 Å². The average molecular weight is 533 g/mol. The number of fused-ring (bicyclic) bond motifs is 3. The van der Waals surface area contributed by atoms with Crippen LogP contribution in [0, 0.1) is 0 Å². The number of benzene rings is 6. The average Bonchev–Trinajstić information content (AvgIpc) is 3.40. The fourth-order valence-electron chi connectivity index (χ4n) is 5.36. The van der Waals surface area contributed by atoms with E-state index in [9.17, 15) is 0 Å². The molecule has 0 atom stereocenters. The summed E-state index contributed by atoms with van der Waals surface area (Å²) < 4.78 is 2.64. The molecule has 2 nitrogen and oxygen atoms in total. The van der Waals surface area contributed by atoms with E-state index in [0.29, 0.717) is 0 Å². The molecule has 1 aromatic heterocycles. The maximum Gasteiger partial charge on any atom is 0.0468 e. The highest BCUT2D eigenvalue weighted by Gasteiger charge is 2.15. The Kier molecular flexibility index (Phi) is 6.27. The minimum Gasteiger partial charge on any atom is -0.345 e. The molecule has 6 aromatic carbocycles. The zero-order valence-electron chi connectivity index (χ0n) is 22.2. The molecule has 0 saturated heterocycles. The normalized spacial score (nSPS) is 11.1. The Morgan fingerprint density at radius 2 is 0.875 bits per heavy atom. The van der Waals surface area contributed by atoms with Gasteiger partial charge in [0.1, 0.15) is 0 Å². The van der Waals surface area contributed by atoms with Crippen LogP contribution in [0.15, 0.2) is 152 Å². The van der Waals surface area contributed by atoms with Crippen LogP contribution in [0.5, 0.6) is 0 Å². The van der Waals surface area contributed by atoms with E-state index in [-0.39, 0.29) is 0 Å². The molecule has 7 rings (SSSR count). The van der Waals surface area contributed by atoms with Crippen LogP contribution in [-0.4, -0.2) is 7.05 Å². The van der Waals surface area contributed by atoms with Gasteiger partial charge in [-0.3, -0.25) is 0 Å². The van der Waals surface area contributed by atoms with Gasteiger partial charge in [0, 0.05) is 55.7 Å². The first-order valence-electron chi connectivity index (χ1n) is 13.5. The van der Waals surface area contributed by atoms with Gasteiger partial charge in [0.05, 0.1) is 0 Å². The molecule has 0 aliphatic heterocycles. The van der Waals surface area contributed by atoms with E-state index < -0.39 is 0 Å². The standard InChI is InChI=1S/C37H28N2S/c1-38(29-10-4-2-5-11-29)30-20-16-27(17-21-30)28-18-22-32(23-19-28)39(31-12-6-3-7-13-31)33-24-25-37-35(26-33)34-14-8-9-15-36(34)40-37/h2-26H,1H3. The van der Waals surface area contributed by atoms with Crippen molar-refractivity contribution in [3.05, 3.63) is 152 Å². The topological polar surface area (TPSA) is 6.48 Å². The molecule has 0 saturated carbocycles. The van der Waals surface area contributed by atoms with Crippen LogP contribution < -0.4 is 9.80 Å². The highest BCUT2D eigenvalue weighted by molar-refractivity contribution is 7.25. The summed E-state index contributed by atoms with van der Waals surface area (Å²) in [5.74, 6) is 0. The zero-order chi connectivity index (χ0) is 26.9. The van der Waals surface area contributed by atoms with Gasteiger partial charge in [-0.15, -0.1) is 11.3 Å². The van der Waals surface area contributed by atoms with Crippen molar-refractivity contribution in [2.75, 3.05) is 16.8 Å². The van der Waals surface area contributed by atoms with Gasteiger partial charge in [0.15, 0.2) is 0 Å². The number of para-hydroxylation sites is 2. The molecule has 0 N–H and O–H groups in total. The van der Waals surface area contributed by atoms with Crippen LogP contribution >= 0.6 is 11.3 Å². The molecule has 3 heteroatoms. The van der Waals surface area contributed by atoms with Gasteiger partial charge in [0.2, 0.25) is 0 Å². The quantitative estimate of drug-likeness (QED) is 0.210. The van der Waals surface area contributed by atoms with Gasteiger partial charge < -0.3 is 9.80 Å². The summed E-state index contributed by atoms with van der Waals surface area (Å²) in [6.07, 6.45) is 0. The highest BCUT2D eigenvalue weighted by Crippen LogP contribution is 2.40. The third-order valence-corrected chi connectivity index (χ3v) is 8.64. The molecule has 1 heterocycles. The van der Waals surface area contributed by atoms with Crippen molar-refractivity contribution in [3.8, 4) is 11.1 Å². The number of hydrogen-bond acceptors (Lipinski definition) is 3. The van der Waals surface area contributed by atoms with Gasteiger partial charge in [-0.25, -0.2) is 0 Å². The van der Waals surface area contributed by atoms with Crippen molar-refractivity contribution < 1.29 is 0 Å². The molecule has 0 aliphatic rings. The molecule has 0 amide bonds. The molecular formula is C37H28N2S. The van der Waals surface area contributed by atoms with Crippen molar-refractivity contribution >= 4 is 59.9 Å². The third-order valence-electron chi connectivity index (χ3n) is 7.49. The van der Waals surface area contributed by atoms with E-state index >= 15 is 0 Å². The SMILES string of the molecule is CN(c1ccccc1)c1ccc(-c2ccc(N(c3ccccc3)c3ccc4sc5ccccc5c4c3)cc2)cc1. The maximum absolute atomic E-state index is 2.34. The fraction of sp³-hybridized carbons (Fsp3) is 0.0270. The van der Waals surface area contributed by atoms with Crippen molar-refractivity contribution in [3.63, 3.8) is 0 Å². The Morgan fingerprint density at radius 1 is 0.400 bits per heavy atom. The Morgan fingerprint density at radius 3 is 1.55 bits per heavy atom. The van der Waals surface area contributed by atoms with Crippen molar-refractivity contribution in [1.29, 1.82) is 0 Å². The van der Waals surface area contributed by atoms with Crippen LogP contribution in [0.2, 0.25) is 0 Å². The molecule has 0 aliphatic carbocycles. The zero-order valence-corrected chi connectivity index (χ0v) is 23.1. The first-order valence-corrected chi connectivity index (χ1v) is 14.3. The second kappa shape index (κ2) is 10.4. The second-order valence-electron chi connectivity index (χ2n) is 9.94. The lowest BCUT2D eigenvalue weighted by Crippen LogP contribution is -2.09. The molecule has 0 bridgehead atoms.